The van der Waals surface area contributed by atoms with Crippen molar-refractivity contribution in [2.24, 2.45) is 10.1 Å². The first kappa shape index (κ1) is 124. The van der Waals surface area contributed by atoms with Crippen molar-refractivity contribution in [2.75, 3.05) is 0 Å². The van der Waals surface area contributed by atoms with Crippen molar-refractivity contribution in [3.8, 4) is 6.07 Å². The van der Waals surface area contributed by atoms with Gasteiger partial charge in [0, 0.05) is 78.5 Å². The Morgan fingerprint density at radius 3 is 0.958 bits per heavy atom. The maximum atomic E-state index is 13.8. The molecule has 144 heavy (non-hydrogen) atoms. The van der Waals surface area contributed by atoms with E-state index in [9.17, 15) is 90.6 Å². The Morgan fingerprint density at radius 2 is 0.646 bits per heavy atom. The summed E-state index contributed by atoms with van der Waals surface area (Å²) in [5, 5.41) is 13.0. The number of halogens is 9. The number of hydrogen-bond donors (Lipinski definition) is 5. The largest absolute Gasteiger partial charge is 0.408 e. The minimum absolute atomic E-state index is 0. The Morgan fingerprint density at radius 1 is 0.361 bits per heavy atom. The molecule has 6 aromatic heterocycles. The Kier molecular flexibility index (Phi) is 42.8. The molecule has 45 heteroatoms. The lowest BCUT2D eigenvalue weighted by Crippen LogP contribution is -2.41. The fourth-order valence-corrected chi connectivity index (χ4v) is 23.0. The van der Waals surface area contributed by atoms with Gasteiger partial charge in [-0.2, -0.15) is 130 Å². The molecule has 0 radical (unpaired) electrons. The highest BCUT2D eigenvalue weighted by Crippen LogP contribution is 2.40. The second kappa shape index (κ2) is 49.6. The van der Waals surface area contributed by atoms with Crippen LogP contribution < -0.4 is 15.2 Å². The quantitative estimate of drug-likeness (QED) is 0.0303. The van der Waals surface area contributed by atoms with Crippen LogP contribution in [0, 0.1) is 52.9 Å². The van der Waals surface area contributed by atoms with Crippen molar-refractivity contribution in [1.29, 1.82) is 5.26 Å². The molecule has 776 valence electrons. The second-order valence-electron chi connectivity index (χ2n) is 35.1. The van der Waals surface area contributed by atoms with Gasteiger partial charge in [0.2, 0.25) is 0 Å². The maximum Gasteiger partial charge on any atom is 0.408 e. The number of hydrogen-bond acceptors (Lipinski definition) is 14. The summed E-state index contributed by atoms with van der Waals surface area (Å²) in [6.07, 6.45) is -11.3. The molecule has 6 N–H and O–H groups in total. The van der Waals surface area contributed by atoms with Gasteiger partial charge in [-0.1, -0.05) is 97.1 Å². The molecule has 0 aliphatic carbocycles. The van der Waals surface area contributed by atoms with E-state index < -0.39 is 124 Å². The number of aryl methyl sites for hydroxylation is 6. The number of nitriles is 1. The van der Waals surface area contributed by atoms with Crippen LogP contribution in [0.3, 0.4) is 0 Å². The van der Waals surface area contributed by atoms with Crippen molar-refractivity contribution in [1.82, 2.24) is 35.3 Å². The topological polar surface area (TPSA) is 342 Å². The van der Waals surface area contributed by atoms with Gasteiger partial charge in [-0.05, 0) is 307 Å². The lowest BCUT2D eigenvalue weighted by Gasteiger charge is -2.26. The molecule has 0 fully saturated rings. The van der Waals surface area contributed by atoms with Crippen LogP contribution >= 0.6 is 81.0 Å². The van der Waals surface area contributed by atoms with Crippen LogP contribution in [0.5, 0.6) is 0 Å². The summed E-state index contributed by atoms with van der Waals surface area (Å²) in [6, 6.07) is 67.4. The number of aromatic nitrogens is 6. The second-order valence-corrected chi connectivity index (χ2v) is 48.2. The highest BCUT2D eigenvalue weighted by Gasteiger charge is 2.45. The van der Waals surface area contributed by atoms with E-state index in [4.69, 9.17) is 11.0 Å². The average molecular weight is 2240 g/mol. The summed E-state index contributed by atoms with van der Waals surface area (Å²) in [7, 11) is -20.0. The van der Waals surface area contributed by atoms with Crippen LogP contribution in [0.4, 0.5) is 39.5 Å². The minimum Gasteiger partial charge on any atom is -0.359 e. The Bertz CT molecular complexity index is 7850. The lowest BCUT2D eigenvalue weighted by atomic mass is 10.1. The van der Waals surface area contributed by atoms with E-state index in [1.54, 1.807) is 270 Å². The first-order valence-corrected chi connectivity index (χ1v) is 51.5. The number of nitrogens with two attached hydrogens (primary N) is 1. The molecule has 0 aliphatic heterocycles. The number of rotatable bonds is 18. The average Bonchev–Trinajstić information content (AvgIpc) is 1.66. The van der Waals surface area contributed by atoms with Gasteiger partial charge in [0.15, 0.2) is 0 Å². The smallest absolute Gasteiger partial charge is 0.359 e. The van der Waals surface area contributed by atoms with Crippen LogP contribution in [0.25, 0.3) is 65.4 Å². The highest BCUT2D eigenvalue weighted by molar-refractivity contribution is 7.91. The Hall–Kier alpha value is -10.1. The van der Waals surface area contributed by atoms with Gasteiger partial charge in [-0.25, -0.2) is 71.6 Å². The van der Waals surface area contributed by atoms with Crippen molar-refractivity contribution in [3.63, 3.8) is 0 Å². The monoisotopic (exact) mass is 2230 g/mol. The van der Waals surface area contributed by atoms with E-state index in [-0.39, 0.29) is 123 Å². The number of alkyl halides is 9. The van der Waals surface area contributed by atoms with Gasteiger partial charge in [-0.3, -0.25) is 4.79 Å². The maximum absolute atomic E-state index is 13.8. The number of fused-ring (bicyclic) bond motifs is 6. The van der Waals surface area contributed by atoms with Crippen molar-refractivity contribution < 1.29 is 90.6 Å². The number of H-pyrrole nitrogens is 2. The molecule has 0 saturated heterocycles. The zero-order chi connectivity index (χ0) is 102. The zero-order valence-corrected chi connectivity index (χ0v) is 91.9. The molecule has 23 nitrogen and oxygen atoms in total. The number of nitrogens with one attached hydrogen (secondary N) is 4. The highest BCUT2D eigenvalue weighted by atomic mass is 32.2. The molecule has 6 heterocycles. The van der Waals surface area contributed by atoms with Crippen molar-refractivity contribution in [3.05, 3.63) is 334 Å². The van der Waals surface area contributed by atoms with Gasteiger partial charge in [0.1, 0.15) is 35.4 Å². The molecule has 0 unspecified atom stereocenters. The van der Waals surface area contributed by atoms with Gasteiger partial charge < -0.3 is 15.7 Å². The number of carbonyl (C=O) groups is 1. The van der Waals surface area contributed by atoms with Gasteiger partial charge in [-0.15, -0.1) is 0 Å². The summed E-state index contributed by atoms with van der Waals surface area (Å²) in [4.78, 5) is 17.8. The minimum atomic E-state index is -4.69. The molecule has 0 saturated carbocycles. The van der Waals surface area contributed by atoms with E-state index in [0.29, 0.717) is 61.2 Å². The molecule has 0 spiro atoms. The van der Waals surface area contributed by atoms with Crippen LogP contribution in [0.2, 0.25) is 0 Å². The predicted octanol–water partition coefficient (Wildman–Crippen LogP) is 22.8. The number of aldehydes is 1. The van der Waals surface area contributed by atoms with Gasteiger partial charge in [0.05, 0.1) is 89.5 Å². The fourth-order valence-electron chi connectivity index (χ4n) is 14.5. The first-order chi connectivity index (χ1) is 64.3. The lowest BCUT2D eigenvalue weighted by molar-refractivity contribution is -0.153. The standard InChI is InChI=1S/C21H23F3N2O3S2.C20H22N2O3S2.C16H12N2O2S.C16H13NO3S.C15H19F3N2OS.C11H11F3N2.6H2S/c1-14-12-16-13-15(19(21(22,23)24)25-30(27)20(2,3)4)10-11-18(16)26(14)31(28,29)17-8-6-5-7-9-17;1-15-12-17-13-16(14-21-26(23)20(2,3)4)10-11-19(17)22(15)27(24,25)18-8-6-5-7-9-18;1-12-9-14-10-13(11-17)7-8-16(14)18(12)21(19,20)15-5-3-2-4-6-15;1-12-9-14-10-13(11-18)7-8-16(14)17(12)21(19,20)15-5-3-2-4-6-15;1-9-7-11-8-10(5-6-12(11)19-9)13(15(16,17)18)20-22(21)14(2,3)4;1-6-4-8-5-7(2-3-9(8)16-6)10(15)11(12,13)14;;;;;;/h5-13,19,25H,1-4H3;5-14H,1-4H3;2-10H,1H3;2-11H,1H3;5-8,13,19-20H,1-4H3;2-5,10,16H,15H2,1H3;6*1H2/t19-,30-;26-;;;13-,22-;10-;;;;;;/m00..00....../s1. The summed E-state index contributed by atoms with van der Waals surface area (Å²) in [5.41, 5.74) is 14.5. The summed E-state index contributed by atoms with van der Waals surface area (Å²) in [5.74, 6) is 0. The molecule has 16 aromatic rings. The molecule has 16 rings (SSSR count). The number of benzene rings is 10. The van der Waals surface area contributed by atoms with Crippen molar-refractivity contribution in [2.45, 2.75) is 174 Å². The first-order valence-electron chi connectivity index (χ1n) is 42.3. The van der Waals surface area contributed by atoms with Crippen LogP contribution in [0.15, 0.2) is 291 Å². The molecular weight excluding hydrogens is 2120 g/mol. The third kappa shape index (κ3) is 29.5. The summed E-state index contributed by atoms with van der Waals surface area (Å²) in [6.45, 7) is 25.7. The molecule has 0 bridgehead atoms. The van der Waals surface area contributed by atoms with E-state index in [1.165, 1.54) is 72.6 Å². The molecule has 0 amide bonds. The van der Waals surface area contributed by atoms with Gasteiger partial charge in [0.25, 0.3) is 40.1 Å². The van der Waals surface area contributed by atoms with Crippen LogP contribution in [-0.2, 0) is 73.0 Å². The van der Waals surface area contributed by atoms with E-state index in [2.05, 4.69) is 29.9 Å². The molecule has 0 aliphatic rings. The Balaban J connectivity index is 0.000000305. The van der Waals surface area contributed by atoms with Crippen LogP contribution in [-0.4, -0.2) is 117 Å². The predicted molar refractivity (Wildman–Crippen MR) is 589 cm³/mol. The zero-order valence-electron chi connectivity index (χ0n) is 80.2. The van der Waals surface area contributed by atoms with E-state index >= 15 is 0 Å². The Labute approximate surface area is 880 Å². The SMILES string of the molecule is Cc1cc2cc(C#N)ccc2n1S(=O)(=O)c1ccccc1.Cc1cc2cc(C=N[S@@](=O)C(C)(C)C)ccc2n1S(=O)(=O)c1ccccc1.Cc1cc2cc(C=O)ccc2n1S(=O)(=O)c1ccccc1.Cc1cc2cc([C@H](N)C(F)(F)F)ccc2[nH]1.Cc1cc2cc([C@H](N[S@@](=O)C(C)(C)C)C(F)(F)F)ccc2[nH]1.Cc1cc2cc([C@H](N[S@@](=O)C(C)(C)C)C(F)(F)F)ccc2n1S(=O)(=O)c1ccccc1.S.S.S.S.S.S. The molecular formula is C99H112F9N11O12S13. The normalized spacial score (nSPS) is 13.3. The number of nitrogens with zero attached hydrogens (tertiary/aromatic N) is 6. The van der Waals surface area contributed by atoms with Crippen LogP contribution in [0.1, 0.15) is 153 Å². The van der Waals surface area contributed by atoms with Gasteiger partial charge >= 0.3 is 18.5 Å². The third-order valence-electron chi connectivity index (χ3n) is 21.2. The molecule has 6 atom stereocenters. The van der Waals surface area contributed by atoms with E-state index in [0.717, 1.165) is 59.8 Å². The third-order valence-corrected chi connectivity index (χ3v) is 33.0. The molecule has 10 aromatic carbocycles. The number of carbonyl (C=O) groups excluding carboxylic acids is 1. The summed E-state index contributed by atoms with van der Waals surface area (Å²) < 4.78 is 270. The number of aromatic amines is 2. The summed E-state index contributed by atoms with van der Waals surface area (Å²) >= 11 is 0. The fraction of sp³-hybridized carbons (Fsp3) is 0.242. The van der Waals surface area contributed by atoms with E-state index in [1.807, 2.05) is 46.8 Å². The van der Waals surface area contributed by atoms with Crippen molar-refractivity contribution >= 4 is 232 Å².